The number of hydrogen-bond acceptors (Lipinski definition) is 3. The van der Waals surface area contributed by atoms with Gasteiger partial charge in [0.25, 0.3) is 0 Å². The molecular formula is C13H26N2O2. The van der Waals surface area contributed by atoms with E-state index in [1.807, 2.05) is 6.92 Å². The Balaban J connectivity index is 2.14. The lowest BCUT2D eigenvalue weighted by Gasteiger charge is -2.26. The van der Waals surface area contributed by atoms with Crippen LogP contribution >= 0.6 is 0 Å². The Bertz CT molecular complexity index is 233. The zero-order valence-corrected chi connectivity index (χ0v) is 11.1. The van der Waals surface area contributed by atoms with Crippen LogP contribution in [0.5, 0.6) is 0 Å². The Hall–Kier alpha value is -0.610. The van der Waals surface area contributed by atoms with Gasteiger partial charge in [-0.05, 0) is 32.1 Å². The zero-order chi connectivity index (χ0) is 12.7. The van der Waals surface area contributed by atoms with Crippen molar-refractivity contribution >= 4 is 5.91 Å². The van der Waals surface area contributed by atoms with Gasteiger partial charge in [-0.1, -0.05) is 12.8 Å². The van der Waals surface area contributed by atoms with Crippen molar-refractivity contribution in [2.45, 2.75) is 57.5 Å². The maximum Gasteiger partial charge on any atom is 0.220 e. The van der Waals surface area contributed by atoms with Crippen LogP contribution in [0.25, 0.3) is 0 Å². The largest absolute Gasteiger partial charge is 0.383 e. The summed E-state index contributed by atoms with van der Waals surface area (Å²) in [6.07, 6.45) is 6.27. The van der Waals surface area contributed by atoms with Crippen molar-refractivity contribution in [2.24, 2.45) is 11.7 Å². The molecule has 1 aliphatic carbocycles. The van der Waals surface area contributed by atoms with E-state index in [0.717, 1.165) is 19.3 Å². The van der Waals surface area contributed by atoms with Crippen molar-refractivity contribution in [1.82, 2.24) is 5.32 Å². The highest BCUT2D eigenvalue weighted by Crippen LogP contribution is 2.26. The second-order valence-corrected chi connectivity index (χ2v) is 5.26. The molecule has 0 radical (unpaired) electrons. The highest BCUT2D eigenvalue weighted by Gasteiger charge is 2.20. The van der Waals surface area contributed by atoms with Crippen LogP contribution in [-0.2, 0) is 9.53 Å². The molecule has 100 valence electrons. The highest BCUT2D eigenvalue weighted by atomic mass is 16.5. The van der Waals surface area contributed by atoms with Gasteiger partial charge in [-0.3, -0.25) is 4.79 Å². The summed E-state index contributed by atoms with van der Waals surface area (Å²) in [7, 11) is 1.64. The maximum atomic E-state index is 11.7. The van der Waals surface area contributed by atoms with E-state index >= 15 is 0 Å². The van der Waals surface area contributed by atoms with Crippen LogP contribution in [0, 0.1) is 5.92 Å². The van der Waals surface area contributed by atoms with Gasteiger partial charge in [-0.15, -0.1) is 0 Å². The first-order valence-electron chi connectivity index (χ1n) is 6.65. The SMILES string of the molecule is COCC(C)NC(=O)CCC1CCCC(N)C1. The summed E-state index contributed by atoms with van der Waals surface area (Å²) in [5, 5.41) is 2.94. The molecule has 1 aliphatic rings. The summed E-state index contributed by atoms with van der Waals surface area (Å²) in [6, 6.07) is 0.449. The Labute approximate surface area is 104 Å². The molecule has 1 saturated carbocycles. The van der Waals surface area contributed by atoms with E-state index in [4.69, 9.17) is 10.5 Å². The van der Waals surface area contributed by atoms with Crippen molar-refractivity contribution in [3.05, 3.63) is 0 Å². The molecule has 1 fully saturated rings. The van der Waals surface area contributed by atoms with Gasteiger partial charge in [0.1, 0.15) is 0 Å². The fourth-order valence-electron chi connectivity index (χ4n) is 2.57. The van der Waals surface area contributed by atoms with Crippen molar-refractivity contribution in [1.29, 1.82) is 0 Å². The lowest BCUT2D eigenvalue weighted by Crippen LogP contribution is -2.36. The van der Waals surface area contributed by atoms with Crippen LogP contribution in [0.15, 0.2) is 0 Å². The number of nitrogens with two attached hydrogens (primary N) is 1. The lowest BCUT2D eigenvalue weighted by atomic mass is 9.83. The van der Waals surface area contributed by atoms with Crippen LogP contribution in [0.3, 0.4) is 0 Å². The quantitative estimate of drug-likeness (QED) is 0.740. The van der Waals surface area contributed by atoms with Gasteiger partial charge >= 0.3 is 0 Å². The summed E-state index contributed by atoms with van der Waals surface area (Å²) in [5.41, 5.74) is 5.93. The Morgan fingerprint density at radius 3 is 2.94 bits per heavy atom. The van der Waals surface area contributed by atoms with E-state index < -0.39 is 0 Å². The van der Waals surface area contributed by atoms with Crippen LogP contribution in [0.4, 0.5) is 0 Å². The third-order valence-electron chi connectivity index (χ3n) is 3.43. The van der Waals surface area contributed by atoms with E-state index in [-0.39, 0.29) is 11.9 Å². The zero-order valence-electron chi connectivity index (χ0n) is 11.1. The first kappa shape index (κ1) is 14.5. The fraction of sp³-hybridized carbons (Fsp3) is 0.923. The second kappa shape index (κ2) is 7.67. The Morgan fingerprint density at radius 2 is 2.29 bits per heavy atom. The molecule has 0 aromatic rings. The first-order valence-corrected chi connectivity index (χ1v) is 6.65. The highest BCUT2D eigenvalue weighted by molar-refractivity contribution is 5.76. The maximum absolute atomic E-state index is 11.7. The number of ether oxygens (including phenoxy) is 1. The molecule has 0 aromatic heterocycles. The van der Waals surface area contributed by atoms with Gasteiger partial charge in [0.2, 0.25) is 5.91 Å². The van der Waals surface area contributed by atoms with Gasteiger partial charge in [0.15, 0.2) is 0 Å². The Kier molecular flexibility index (Phi) is 6.52. The monoisotopic (exact) mass is 242 g/mol. The van der Waals surface area contributed by atoms with Crippen LogP contribution in [-0.4, -0.2) is 31.7 Å². The molecule has 0 saturated heterocycles. The first-order chi connectivity index (χ1) is 8.11. The summed E-state index contributed by atoms with van der Waals surface area (Å²) in [5.74, 6) is 0.774. The predicted octanol–water partition coefficient (Wildman–Crippen LogP) is 1.44. The van der Waals surface area contributed by atoms with Crippen molar-refractivity contribution in [3.63, 3.8) is 0 Å². The Morgan fingerprint density at radius 1 is 1.53 bits per heavy atom. The molecule has 3 N–H and O–H groups in total. The average Bonchev–Trinajstić information content (AvgIpc) is 2.27. The van der Waals surface area contributed by atoms with Gasteiger partial charge in [-0.25, -0.2) is 0 Å². The molecule has 0 aliphatic heterocycles. The minimum Gasteiger partial charge on any atom is -0.383 e. The number of carbonyl (C=O) groups excluding carboxylic acids is 1. The van der Waals surface area contributed by atoms with Crippen LogP contribution in [0.1, 0.15) is 45.4 Å². The number of methoxy groups -OCH3 is 1. The van der Waals surface area contributed by atoms with Gasteiger partial charge in [-0.2, -0.15) is 0 Å². The molecule has 3 atom stereocenters. The number of carbonyl (C=O) groups is 1. The third kappa shape index (κ3) is 6.03. The summed E-state index contributed by atoms with van der Waals surface area (Å²) in [4.78, 5) is 11.7. The summed E-state index contributed by atoms with van der Waals surface area (Å²) in [6.45, 7) is 2.53. The molecule has 1 amide bonds. The molecule has 1 rings (SSSR count). The summed E-state index contributed by atoms with van der Waals surface area (Å²) < 4.78 is 4.98. The predicted molar refractivity (Wildman–Crippen MR) is 68.6 cm³/mol. The molecule has 17 heavy (non-hydrogen) atoms. The lowest BCUT2D eigenvalue weighted by molar-refractivity contribution is -0.122. The molecule has 0 bridgehead atoms. The summed E-state index contributed by atoms with van der Waals surface area (Å²) >= 11 is 0. The molecule has 0 heterocycles. The molecule has 3 unspecified atom stereocenters. The molecule has 4 heteroatoms. The minimum atomic E-state index is 0.0983. The van der Waals surface area contributed by atoms with E-state index in [1.54, 1.807) is 7.11 Å². The van der Waals surface area contributed by atoms with Gasteiger partial charge in [0.05, 0.1) is 6.61 Å². The standard InChI is InChI=1S/C13H26N2O2/c1-10(9-17-2)15-13(16)7-6-11-4-3-5-12(14)8-11/h10-12H,3-9,14H2,1-2H3,(H,15,16). The van der Waals surface area contributed by atoms with E-state index in [2.05, 4.69) is 5.32 Å². The molecule has 0 aromatic carbocycles. The molecular weight excluding hydrogens is 216 g/mol. The van der Waals surface area contributed by atoms with Crippen molar-refractivity contribution in [3.8, 4) is 0 Å². The van der Waals surface area contributed by atoms with Crippen LogP contribution < -0.4 is 11.1 Å². The van der Waals surface area contributed by atoms with E-state index in [1.165, 1.54) is 12.8 Å². The molecule has 0 spiro atoms. The van der Waals surface area contributed by atoms with Gasteiger partial charge < -0.3 is 15.8 Å². The topological polar surface area (TPSA) is 64.3 Å². The molecule has 4 nitrogen and oxygen atoms in total. The fourth-order valence-corrected chi connectivity index (χ4v) is 2.57. The number of nitrogens with one attached hydrogen (secondary N) is 1. The minimum absolute atomic E-state index is 0.0983. The average molecular weight is 242 g/mol. The van der Waals surface area contributed by atoms with Gasteiger partial charge in [0, 0.05) is 25.6 Å². The smallest absolute Gasteiger partial charge is 0.220 e. The third-order valence-corrected chi connectivity index (χ3v) is 3.43. The van der Waals surface area contributed by atoms with E-state index in [9.17, 15) is 4.79 Å². The van der Waals surface area contributed by atoms with Crippen molar-refractivity contribution < 1.29 is 9.53 Å². The number of hydrogen-bond donors (Lipinski definition) is 2. The normalized spacial score (nSPS) is 26.5. The van der Waals surface area contributed by atoms with E-state index in [0.29, 0.717) is 25.0 Å². The number of rotatable bonds is 6. The van der Waals surface area contributed by atoms with Crippen LogP contribution in [0.2, 0.25) is 0 Å². The van der Waals surface area contributed by atoms with Crippen molar-refractivity contribution in [2.75, 3.05) is 13.7 Å². The second-order valence-electron chi connectivity index (χ2n) is 5.26. The number of amides is 1.